The highest BCUT2D eigenvalue weighted by Gasteiger charge is 2.04. The molecule has 19 heavy (non-hydrogen) atoms. The topological polar surface area (TPSA) is 92.2 Å². The van der Waals surface area contributed by atoms with Crippen LogP contribution in [0.25, 0.3) is 0 Å². The van der Waals surface area contributed by atoms with Crippen molar-refractivity contribution in [2.24, 2.45) is 0 Å². The maximum Gasteiger partial charge on any atom is 0.220 e. The van der Waals surface area contributed by atoms with E-state index in [0.717, 1.165) is 5.56 Å². The number of ether oxygens (including phenoxy) is 1. The van der Waals surface area contributed by atoms with E-state index in [1.54, 1.807) is 24.3 Å². The zero-order valence-corrected chi connectivity index (χ0v) is 10.2. The SMILES string of the molecule is N#Cc1nc(Oc2ccc(CCO)cc2)ccc1N. The number of benzene rings is 1. The summed E-state index contributed by atoms with van der Waals surface area (Å²) in [5, 5.41) is 17.7. The number of hydrogen-bond donors (Lipinski definition) is 2. The van der Waals surface area contributed by atoms with Crippen molar-refractivity contribution in [1.29, 1.82) is 5.26 Å². The highest BCUT2D eigenvalue weighted by molar-refractivity contribution is 5.51. The predicted octanol–water partition coefficient (Wildman–Crippen LogP) is 1.86. The molecule has 0 aliphatic heterocycles. The number of nitriles is 1. The van der Waals surface area contributed by atoms with Crippen molar-refractivity contribution >= 4 is 5.69 Å². The molecule has 2 aromatic rings. The monoisotopic (exact) mass is 255 g/mol. The van der Waals surface area contributed by atoms with Gasteiger partial charge in [0.25, 0.3) is 0 Å². The van der Waals surface area contributed by atoms with E-state index in [4.69, 9.17) is 20.8 Å². The lowest BCUT2D eigenvalue weighted by molar-refractivity contribution is 0.299. The fraction of sp³-hybridized carbons (Fsp3) is 0.143. The molecule has 5 heteroatoms. The second-order valence-electron chi connectivity index (χ2n) is 3.92. The van der Waals surface area contributed by atoms with Crippen molar-refractivity contribution in [3.63, 3.8) is 0 Å². The van der Waals surface area contributed by atoms with Crippen LogP contribution in [0.2, 0.25) is 0 Å². The van der Waals surface area contributed by atoms with Crippen molar-refractivity contribution < 1.29 is 9.84 Å². The molecule has 0 fully saturated rings. The quantitative estimate of drug-likeness (QED) is 0.869. The minimum atomic E-state index is 0.116. The molecule has 0 aliphatic rings. The van der Waals surface area contributed by atoms with Crippen LogP contribution < -0.4 is 10.5 Å². The van der Waals surface area contributed by atoms with Crippen molar-refractivity contribution in [2.75, 3.05) is 12.3 Å². The first-order valence-corrected chi connectivity index (χ1v) is 5.77. The van der Waals surface area contributed by atoms with Gasteiger partial charge in [-0.25, -0.2) is 4.98 Å². The summed E-state index contributed by atoms with van der Waals surface area (Å²) in [5.74, 6) is 0.934. The number of anilines is 1. The average molecular weight is 255 g/mol. The molecule has 2 rings (SSSR count). The highest BCUT2D eigenvalue weighted by atomic mass is 16.5. The molecular weight excluding hydrogens is 242 g/mol. The van der Waals surface area contributed by atoms with E-state index in [2.05, 4.69) is 4.98 Å². The zero-order valence-electron chi connectivity index (χ0n) is 10.2. The molecule has 0 spiro atoms. The fourth-order valence-corrected chi connectivity index (χ4v) is 1.57. The Morgan fingerprint density at radius 3 is 2.58 bits per heavy atom. The number of nitrogens with zero attached hydrogens (tertiary/aromatic N) is 2. The van der Waals surface area contributed by atoms with Crippen LogP contribution in [0.1, 0.15) is 11.3 Å². The summed E-state index contributed by atoms with van der Waals surface area (Å²) in [4.78, 5) is 4.00. The van der Waals surface area contributed by atoms with Gasteiger partial charge in [-0.05, 0) is 30.2 Å². The lowest BCUT2D eigenvalue weighted by Crippen LogP contribution is -1.96. The number of hydrogen-bond acceptors (Lipinski definition) is 5. The van der Waals surface area contributed by atoms with E-state index in [1.807, 2.05) is 18.2 Å². The Morgan fingerprint density at radius 2 is 1.95 bits per heavy atom. The average Bonchev–Trinajstić information content (AvgIpc) is 2.43. The van der Waals surface area contributed by atoms with Gasteiger partial charge in [-0.1, -0.05) is 12.1 Å². The minimum Gasteiger partial charge on any atom is -0.439 e. The smallest absolute Gasteiger partial charge is 0.220 e. The van der Waals surface area contributed by atoms with Crippen molar-refractivity contribution in [3.05, 3.63) is 47.7 Å². The molecule has 0 saturated carbocycles. The van der Waals surface area contributed by atoms with Crippen molar-refractivity contribution in [3.8, 4) is 17.7 Å². The number of nitrogen functional groups attached to an aromatic ring is 1. The molecule has 1 heterocycles. The normalized spacial score (nSPS) is 9.89. The lowest BCUT2D eigenvalue weighted by atomic mass is 10.1. The third-order valence-electron chi connectivity index (χ3n) is 2.55. The molecule has 0 atom stereocenters. The van der Waals surface area contributed by atoms with Crippen LogP contribution in [0, 0.1) is 11.3 Å². The molecular formula is C14H13N3O2. The Bertz CT molecular complexity index is 603. The highest BCUT2D eigenvalue weighted by Crippen LogP contribution is 2.22. The van der Waals surface area contributed by atoms with Crippen molar-refractivity contribution in [1.82, 2.24) is 4.98 Å². The molecule has 3 N–H and O–H groups in total. The van der Waals surface area contributed by atoms with Gasteiger partial charge in [-0.3, -0.25) is 0 Å². The minimum absolute atomic E-state index is 0.116. The van der Waals surface area contributed by atoms with Gasteiger partial charge in [0.1, 0.15) is 11.8 Å². The molecule has 1 aromatic carbocycles. The molecule has 0 aliphatic carbocycles. The third kappa shape index (κ3) is 3.21. The maximum absolute atomic E-state index is 8.83. The number of pyridine rings is 1. The number of aliphatic hydroxyl groups is 1. The molecule has 0 unspecified atom stereocenters. The second-order valence-corrected chi connectivity index (χ2v) is 3.92. The number of rotatable bonds is 4. The summed E-state index contributed by atoms with van der Waals surface area (Å²) in [7, 11) is 0. The van der Waals surface area contributed by atoms with Crippen LogP contribution in [0.15, 0.2) is 36.4 Å². The Morgan fingerprint density at radius 1 is 1.21 bits per heavy atom. The van der Waals surface area contributed by atoms with Gasteiger partial charge in [0.2, 0.25) is 5.88 Å². The van der Waals surface area contributed by atoms with Gasteiger partial charge < -0.3 is 15.6 Å². The molecule has 0 bridgehead atoms. The van der Waals surface area contributed by atoms with Crippen molar-refractivity contribution in [2.45, 2.75) is 6.42 Å². The molecule has 96 valence electrons. The Labute approximate surface area is 110 Å². The number of nitrogens with two attached hydrogens (primary N) is 1. The number of aromatic nitrogens is 1. The van der Waals surface area contributed by atoms with Gasteiger partial charge in [-0.15, -0.1) is 0 Å². The van der Waals surface area contributed by atoms with E-state index in [1.165, 1.54) is 0 Å². The first-order chi connectivity index (χ1) is 9.22. The lowest BCUT2D eigenvalue weighted by Gasteiger charge is -2.06. The van der Waals surface area contributed by atoms with Gasteiger partial charge >= 0.3 is 0 Å². The third-order valence-corrected chi connectivity index (χ3v) is 2.55. The van der Waals surface area contributed by atoms with Crippen LogP contribution in [-0.4, -0.2) is 16.7 Å². The molecule has 0 amide bonds. The van der Waals surface area contributed by atoms with Crippen LogP contribution >= 0.6 is 0 Å². The summed E-state index contributed by atoms with van der Waals surface area (Å²) >= 11 is 0. The van der Waals surface area contributed by atoms with Gasteiger partial charge in [0.15, 0.2) is 5.69 Å². The number of aliphatic hydroxyl groups excluding tert-OH is 1. The van der Waals surface area contributed by atoms with E-state index in [0.29, 0.717) is 23.7 Å². The Hall–Kier alpha value is -2.58. The van der Waals surface area contributed by atoms with E-state index in [-0.39, 0.29) is 12.3 Å². The van der Waals surface area contributed by atoms with E-state index < -0.39 is 0 Å². The summed E-state index contributed by atoms with van der Waals surface area (Å²) in [6, 6.07) is 12.4. The first-order valence-electron chi connectivity index (χ1n) is 5.77. The summed E-state index contributed by atoms with van der Waals surface area (Å²) in [6.07, 6.45) is 0.610. The summed E-state index contributed by atoms with van der Waals surface area (Å²) in [6.45, 7) is 0.116. The Kier molecular flexibility index (Phi) is 3.96. The van der Waals surface area contributed by atoms with E-state index >= 15 is 0 Å². The van der Waals surface area contributed by atoms with Gasteiger partial charge in [-0.2, -0.15) is 5.26 Å². The molecule has 1 aromatic heterocycles. The first kappa shape index (κ1) is 12.9. The second kappa shape index (κ2) is 5.85. The van der Waals surface area contributed by atoms with Crippen LogP contribution in [0.5, 0.6) is 11.6 Å². The molecule has 0 saturated heterocycles. The summed E-state index contributed by atoms with van der Waals surface area (Å²) in [5.41, 5.74) is 7.08. The summed E-state index contributed by atoms with van der Waals surface area (Å²) < 4.78 is 5.53. The standard InChI is InChI=1S/C14H13N3O2/c15-9-13-12(16)5-6-14(17-13)19-11-3-1-10(2-4-11)7-8-18/h1-6,18H,7-8,16H2. The molecule has 0 radical (unpaired) electrons. The molecule has 5 nitrogen and oxygen atoms in total. The van der Waals surface area contributed by atoms with Crippen LogP contribution in [0.3, 0.4) is 0 Å². The fourth-order valence-electron chi connectivity index (χ4n) is 1.57. The Balaban J connectivity index is 2.15. The maximum atomic E-state index is 8.83. The largest absolute Gasteiger partial charge is 0.439 e. The van der Waals surface area contributed by atoms with Crippen LogP contribution in [-0.2, 0) is 6.42 Å². The van der Waals surface area contributed by atoms with Gasteiger partial charge in [0, 0.05) is 12.7 Å². The van der Waals surface area contributed by atoms with Gasteiger partial charge in [0.05, 0.1) is 5.69 Å². The zero-order chi connectivity index (χ0) is 13.7. The van der Waals surface area contributed by atoms with E-state index in [9.17, 15) is 0 Å². The predicted molar refractivity (Wildman–Crippen MR) is 70.7 cm³/mol. The van der Waals surface area contributed by atoms with Crippen LogP contribution in [0.4, 0.5) is 5.69 Å².